The standard InChI is InChI=1S/C14H24O2/c1-9-5-10(2)8-14(7-9)11(3)6-12(15)13(14,4)16/h9-11,16H,5-8H2,1-4H3/t9-,10+,11-,13+,14+/m1/s1. The summed E-state index contributed by atoms with van der Waals surface area (Å²) in [6, 6.07) is 0. The van der Waals surface area contributed by atoms with Crippen LogP contribution in [0.4, 0.5) is 0 Å². The van der Waals surface area contributed by atoms with Crippen molar-refractivity contribution in [2.75, 3.05) is 0 Å². The third-order valence-corrected chi connectivity index (χ3v) is 5.18. The fourth-order valence-corrected chi connectivity index (χ4v) is 4.41. The number of aliphatic hydroxyl groups is 1. The Labute approximate surface area is 98.4 Å². The summed E-state index contributed by atoms with van der Waals surface area (Å²) in [5.41, 5.74) is -1.24. The van der Waals surface area contributed by atoms with Gasteiger partial charge in [0, 0.05) is 11.8 Å². The Hall–Kier alpha value is -0.370. The van der Waals surface area contributed by atoms with E-state index in [-0.39, 0.29) is 11.2 Å². The van der Waals surface area contributed by atoms with E-state index < -0.39 is 5.60 Å². The van der Waals surface area contributed by atoms with Crippen molar-refractivity contribution >= 4 is 5.78 Å². The molecule has 2 rings (SSSR count). The monoisotopic (exact) mass is 224 g/mol. The highest BCUT2D eigenvalue weighted by Gasteiger charge is 2.61. The number of ketones is 1. The first-order chi connectivity index (χ1) is 7.29. The average molecular weight is 224 g/mol. The van der Waals surface area contributed by atoms with Crippen LogP contribution >= 0.6 is 0 Å². The molecule has 0 unspecified atom stereocenters. The molecule has 0 radical (unpaired) electrons. The molecule has 2 fully saturated rings. The lowest BCUT2D eigenvalue weighted by Crippen LogP contribution is -2.51. The van der Waals surface area contributed by atoms with Crippen LogP contribution in [0.25, 0.3) is 0 Å². The van der Waals surface area contributed by atoms with Gasteiger partial charge in [-0.05, 0) is 43.9 Å². The molecule has 5 atom stereocenters. The molecule has 0 heterocycles. The summed E-state index contributed by atoms with van der Waals surface area (Å²) in [7, 11) is 0. The highest BCUT2D eigenvalue weighted by molar-refractivity contribution is 5.90. The summed E-state index contributed by atoms with van der Waals surface area (Å²) in [6.07, 6.45) is 3.82. The Kier molecular flexibility index (Phi) is 2.69. The van der Waals surface area contributed by atoms with Crippen LogP contribution in [0.3, 0.4) is 0 Å². The molecule has 0 aromatic rings. The fourth-order valence-electron chi connectivity index (χ4n) is 4.41. The van der Waals surface area contributed by atoms with Crippen molar-refractivity contribution in [2.24, 2.45) is 23.2 Å². The van der Waals surface area contributed by atoms with Crippen LogP contribution < -0.4 is 0 Å². The van der Waals surface area contributed by atoms with Crippen molar-refractivity contribution in [3.05, 3.63) is 0 Å². The van der Waals surface area contributed by atoms with Crippen LogP contribution in [-0.2, 0) is 4.79 Å². The van der Waals surface area contributed by atoms with Gasteiger partial charge in [-0.1, -0.05) is 20.8 Å². The first-order valence-corrected chi connectivity index (χ1v) is 6.55. The summed E-state index contributed by atoms with van der Waals surface area (Å²) in [5, 5.41) is 10.6. The second-order valence-corrected chi connectivity index (χ2v) is 6.61. The molecule has 0 amide bonds. The van der Waals surface area contributed by atoms with Crippen molar-refractivity contribution < 1.29 is 9.90 Å². The van der Waals surface area contributed by atoms with E-state index in [1.165, 1.54) is 6.42 Å². The van der Waals surface area contributed by atoms with Crippen molar-refractivity contribution in [3.63, 3.8) is 0 Å². The van der Waals surface area contributed by atoms with Crippen LogP contribution in [0.1, 0.15) is 53.4 Å². The maximum Gasteiger partial charge on any atom is 0.164 e. The Balaban J connectivity index is 2.38. The van der Waals surface area contributed by atoms with Crippen LogP contribution in [-0.4, -0.2) is 16.5 Å². The molecule has 0 aromatic heterocycles. The minimum atomic E-state index is -1.09. The van der Waals surface area contributed by atoms with Crippen molar-refractivity contribution in [1.29, 1.82) is 0 Å². The molecular weight excluding hydrogens is 200 g/mol. The van der Waals surface area contributed by atoms with Gasteiger partial charge in [0.05, 0.1) is 0 Å². The van der Waals surface area contributed by atoms with Crippen molar-refractivity contribution in [3.8, 4) is 0 Å². The molecule has 1 spiro atoms. The Bertz CT molecular complexity index is 296. The Morgan fingerprint density at radius 2 is 1.69 bits per heavy atom. The number of rotatable bonds is 0. The van der Waals surface area contributed by atoms with E-state index in [1.807, 2.05) is 0 Å². The van der Waals surface area contributed by atoms with E-state index in [0.717, 1.165) is 12.8 Å². The summed E-state index contributed by atoms with van der Waals surface area (Å²) in [6.45, 7) is 8.40. The second-order valence-electron chi connectivity index (χ2n) is 6.61. The van der Waals surface area contributed by atoms with Crippen LogP contribution in [0.5, 0.6) is 0 Å². The molecule has 0 saturated heterocycles. The molecular formula is C14H24O2. The topological polar surface area (TPSA) is 37.3 Å². The average Bonchev–Trinajstić information content (AvgIpc) is 2.27. The summed E-state index contributed by atoms with van der Waals surface area (Å²) in [5.74, 6) is 1.65. The van der Waals surface area contributed by atoms with Gasteiger partial charge in [0.2, 0.25) is 0 Å². The van der Waals surface area contributed by atoms with Crippen molar-refractivity contribution in [2.45, 2.75) is 59.0 Å². The van der Waals surface area contributed by atoms with Gasteiger partial charge in [0.15, 0.2) is 5.78 Å². The smallest absolute Gasteiger partial charge is 0.164 e. The maximum absolute atomic E-state index is 11.9. The van der Waals surface area contributed by atoms with Crippen LogP contribution in [0, 0.1) is 23.2 Å². The molecule has 0 aromatic carbocycles. The molecule has 2 aliphatic rings. The normalized spacial score (nSPS) is 53.6. The SMILES string of the molecule is C[C@@H]1C[C@H](C)C[C@@]2(C1)[C@H](C)CC(=O)[C@]2(C)O. The summed E-state index contributed by atoms with van der Waals surface area (Å²) >= 11 is 0. The van der Waals surface area contributed by atoms with Crippen molar-refractivity contribution in [1.82, 2.24) is 0 Å². The Morgan fingerprint density at radius 3 is 2.06 bits per heavy atom. The number of hydrogen-bond acceptors (Lipinski definition) is 2. The summed E-state index contributed by atoms with van der Waals surface area (Å²) in [4.78, 5) is 11.9. The fraction of sp³-hybridized carbons (Fsp3) is 0.929. The minimum absolute atomic E-state index is 0.0568. The van der Waals surface area contributed by atoms with Gasteiger partial charge in [-0.2, -0.15) is 0 Å². The molecule has 16 heavy (non-hydrogen) atoms. The lowest BCUT2D eigenvalue weighted by atomic mass is 9.57. The first kappa shape index (κ1) is 12.1. The summed E-state index contributed by atoms with van der Waals surface area (Å²) < 4.78 is 0. The highest BCUT2D eigenvalue weighted by atomic mass is 16.3. The van der Waals surface area contributed by atoms with Crippen LogP contribution in [0.15, 0.2) is 0 Å². The number of carbonyl (C=O) groups excluding carboxylic acids is 1. The van der Waals surface area contributed by atoms with Gasteiger partial charge in [0.1, 0.15) is 5.60 Å². The molecule has 0 aliphatic heterocycles. The van der Waals surface area contributed by atoms with E-state index in [1.54, 1.807) is 6.92 Å². The van der Waals surface area contributed by atoms with E-state index in [9.17, 15) is 9.90 Å². The van der Waals surface area contributed by atoms with E-state index in [2.05, 4.69) is 20.8 Å². The molecule has 0 bridgehead atoms. The van der Waals surface area contributed by atoms with E-state index in [0.29, 0.717) is 24.2 Å². The second kappa shape index (κ2) is 3.56. The lowest BCUT2D eigenvalue weighted by molar-refractivity contribution is -0.148. The zero-order valence-electron chi connectivity index (χ0n) is 10.9. The Morgan fingerprint density at radius 1 is 1.19 bits per heavy atom. The van der Waals surface area contributed by atoms with E-state index >= 15 is 0 Å². The molecule has 92 valence electrons. The van der Waals surface area contributed by atoms with E-state index in [4.69, 9.17) is 0 Å². The zero-order chi connectivity index (χ0) is 12.1. The minimum Gasteiger partial charge on any atom is -0.382 e. The van der Waals surface area contributed by atoms with Gasteiger partial charge < -0.3 is 5.11 Å². The largest absolute Gasteiger partial charge is 0.382 e. The number of carbonyl (C=O) groups is 1. The molecule has 2 nitrogen and oxygen atoms in total. The van der Waals surface area contributed by atoms with Gasteiger partial charge in [-0.15, -0.1) is 0 Å². The zero-order valence-corrected chi connectivity index (χ0v) is 10.9. The molecule has 1 N–H and O–H groups in total. The highest BCUT2D eigenvalue weighted by Crippen LogP contribution is 2.58. The van der Waals surface area contributed by atoms with Gasteiger partial charge in [-0.25, -0.2) is 0 Å². The lowest BCUT2D eigenvalue weighted by Gasteiger charge is -2.49. The maximum atomic E-state index is 11.9. The molecule has 2 aliphatic carbocycles. The predicted octanol–water partition coefficient (Wildman–Crippen LogP) is 2.79. The number of Topliss-reactive ketones (excluding diaryl/α,β-unsaturated/α-hetero) is 1. The number of hydrogen-bond donors (Lipinski definition) is 1. The van der Waals surface area contributed by atoms with Crippen LogP contribution in [0.2, 0.25) is 0 Å². The first-order valence-electron chi connectivity index (χ1n) is 6.55. The third kappa shape index (κ3) is 1.46. The third-order valence-electron chi connectivity index (χ3n) is 5.18. The van der Waals surface area contributed by atoms with Gasteiger partial charge >= 0.3 is 0 Å². The van der Waals surface area contributed by atoms with Gasteiger partial charge in [0.25, 0.3) is 0 Å². The molecule has 2 saturated carbocycles. The quantitative estimate of drug-likeness (QED) is 0.687. The predicted molar refractivity (Wildman–Crippen MR) is 64.0 cm³/mol. The molecule has 2 heteroatoms. The van der Waals surface area contributed by atoms with Gasteiger partial charge in [-0.3, -0.25) is 4.79 Å².